The number of amides is 2. The monoisotopic (exact) mass is 422 g/mol. The van der Waals surface area contributed by atoms with E-state index in [1.165, 1.54) is 17.8 Å². The van der Waals surface area contributed by atoms with Gasteiger partial charge in [0.05, 0.1) is 12.1 Å². The van der Waals surface area contributed by atoms with Gasteiger partial charge in [-0.05, 0) is 19.3 Å². The Hall–Kier alpha value is -0.890. The maximum atomic E-state index is 12.6. The summed E-state index contributed by atoms with van der Waals surface area (Å²) in [4.78, 5) is 30.9. The first-order chi connectivity index (χ1) is 11.3. The van der Waals surface area contributed by atoms with Gasteiger partial charge in [-0.15, -0.1) is 36.2 Å². The second-order valence-corrected chi connectivity index (χ2v) is 8.65. The normalized spacial score (nSPS) is 22.0. The molecule has 26 heavy (non-hydrogen) atoms. The van der Waals surface area contributed by atoms with E-state index < -0.39 is 5.41 Å². The number of nitrogens with zero attached hydrogens (tertiary/aromatic N) is 2. The molecule has 2 aliphatic heterocycles. The smallest absolute Gasteiger partial charge is 0.231 e. The average molecular weight is 423 g/mol. The van der Waals surface area contributed by atoms with Crippen molar-refractivity contribution in [2.45, 2.75) is 58.5 Å². The van der Waals surface area contributed by atoms with Crippen molar-refractivity contribution >= 4 is 53.1 Å². The molecule has 0 spiro atoms. The molecular weight excluding hydrogens is 395 g/mol. The molecule has 9 heteroatoms. The Morgan fingerprint density at radius 2 is 1.96 bits per heavy atom. The summed E-state index contributed by atoms with van der Waals surface area (Å²) in [5.41, 5.74) is 0.275. The van der Waals surface area contributed by atoms with Gasteiger partial charge in [-0.3, -0.25) is 9.59 Å². The van der Waals surface area contributed by atoms with Crippen LogP contribution in [0.1, 0.15) is 45.7 Å². The van der Waals surface area contributed by atoms with Gasteiger partial charge in [-0.2, -0.15) is 0 Å². The van der Waals surface area contributed by atoms with E-state index in [1.54, 1.807) is 0 Å². The zero-order valence-electron chi connectivity index (χ0n) is 15.4. The molecule has 2 saturated heterocycles. The number of aromatic nitrogens is 1. The van der Waals surface area contributed by atoms with Crippen molar-refractivity contribution in [1.82, 2.24) is 15.2 Å². The summed E-state index contributed by atoms with van der Waals surface area (Å²) in [6.45, 7) is 7.21. The highest BCUT2D eigenvalue weighted by Gasteiger charge is 2.31. The Kier molecular flexibility index (Phi) is 8.33. The van der Waals surface area contributed by atoms with Crippen molar-refractivity contribution < 1.29 is 9.59 Å². The lowest BCUT2D eigenvalue weighted by Gasteiger charge is -2.24. The number of thiazole rings is 1. The third-order valence-electron chi connectivity index (χ3n) is 4.66. The van der Waals surface area contributed by atoms with E-state index in [0.29, 0.717) is 23.6 Å². The van der Waals surface area contributed by atoms with Crippen LogP contribution in [-0.2, 0) is 16.0 Å². The lowest BCUT2D eigenvalue weighted by Crippen LogP contribution is -2.39. The molecule has 3 heterocycles. The van der Waals surface area contributed by atoms with E-state index in [-0.39, 0.29) is 36.6 Å². The van der Waals surface area contributed by atoms with E-state index in [1.807, 2.05) is 31.1 Å². The molecule has 2 unspecified atom stereocenters. The van der Waals surface area contributed by atoms with Crippen molar-refractivity contribution in [2.24, 2.45) is 5.41 Å². The number of hydrogen-bond donors (Lipinski definition) is 2. The third-order valence-corrected chi connectivity index (χ3v) is 5.47. The Morgan fingerprint density at radius 1 is 1.27 bits per heavy atom. The summed E-state index contributed by atoms with van der Waals surface area (Å²) in [6.07, 6.45) is 3.73. The van der Waals surface area contributed by atoms with Crippen molar-refractivity contribution in [3.63, 3.8) is 0 Å². The maximum Gasteiger partial charge on any atom is 0.231 e. The maximum absolute atomic E-state index is 12.6. The van der Waals surface area contributed by atoms with Crippen LogP contribution in [0.15, 0.2) is 5.38 Å². The van der Waals surface area contributed by atoms with E-state index in [9.17, 15) is 9.59 Å². The fourth-order valence-electron chi connectivity index (χ4n) is 3.17. The molecule has 6 nitrogen and oxygen atoms in total. The first-order valence-electron chi connectivity index (χ1n) is 8.61. The Bertz CT molecular complexity index is 633. The van der Waals surface area contributed by atoms with Gasteiger partial charge in [-0.1, -0.05) is 20.8 Å². The summed E-state index contributed by atoms with van der Waals surface area (Å²) in [7, 11) is 0. The van der Waals surface area contributed by atoms with Gasteiger partial charge < -0.3 is 15.5 Å². The minimum atomic E-state index is -0.458. The van der Waals surface area contributed by atoms with Crippen LogP contribution in [0.3, 0.4) is 0 Å². The molecule has 1 aromatic heterocycles. The zero-order valence-corrected chi connectivity index (χ0v) is 17.9. The molecule has 0 saturated carbocycles. The standard InChI is InChI=1S/C17H26N4O2S.2ClH/c1-17(2,3)15(23)20-16-19-13(10-24-16)8-14(22)21-7-6-11-4-5-12(9-21)18-11;;/h10-12,18H,4-9H2,1-3H3,(H,19,20,23);2*1H. The summed E-state index contributed by atoms with van der Waals surface area (Å²) in [5, 5.41) is 8.83. The number of nitrogens with one attached hydrogen (secondary N) is 2. The molecule has 2 atom stereocenters. The number of anilines is 1. The van der Waals surface area contributed by atoms with Crippen LogP contribution < -0.4 is 10.6 Å². The van der Waals surface area contributed by atoms with Gasteiger partial charge in [0.15, 0.2) is 5.13 Å². The Morgan fingerprint density at radius 3 is 2.65 bits per heavy atom. The van der Waals surface area contributed by atoms with Crippen LogP contribution in [0.25, 0.3) is 0 Å². The van der Waals surface area contributed by atoms with Crippen LogP contribution in [0.4, 0.5) is 5.13 Å². The van der Waals surface area contributed by atoms with E-state index >= 15 is 0 Å². The van der Waals surface area contributed by atoms with E-state index in [2.05, 4.69) is 15.6 Å². The molecule has 0 aromatic carbocycles. The zero-order chi connectivity index (χ0) is 17.3. The minimum absolute atomic E-state index is 0. The molecule has 0 radical (unpaired) electrons. The minimum Gasteiger partial charge on any atom is -0.341 e. The van der Waals surface area contributed by atoms with Gasteiger partial charge in [0.1, 0.15) is 0 Å². The van der Waals surface area contributed by atoms with Crippen molar-refractivity contribution in [3.8, 4) is 0 Å². The Balaban J connectivity index is 0.00000169. The quantitative estimate of drug-likeness (QED) is 0.784. The highest BCUT2D eigenvalue weighted by molar-refractivity contribution is 7.13. The number of carbonyl (C=O) groups is 2. The van der Waals surface area contributed by atoms with Crippen LogP contribution >= 0.6 is 36.2 Å². The second-order valence-electron chi connectivity index (χ2n) is 7.79. The van der Waals surface area contributed by atoms with Gasteiger partial charge in [0, 0.05) is 36.0 Å². The molecule has 2 fully saturated rings. The number of likely N-dealkylation sites (tertiary alicyclic amines) is 1. The fraction of sp³-hybridized carbons (Fsp3) is 0.706. The number of rotatable bonds is 3. The predicted molar refractivity (Wildman–Crippen MR) is 110 cm³/mol. The lowest BCUT2D eigenvalue weighted by atomic mass is 9.96. The molecule has 2 aliphatic rings. The SMILES string of the molecule is CC(C)(C)C(=O)Nc1nc(CC(=O)N2CCC3CCC(C2)N3)cs1.Cl.Cl. The number of carbonyl (C=O) groups excluding carboxylic acids is 2. The van der Waals surface area contributed by atoms with Gasteiger partial charge in [-0.25, -0.2) is 4.98 Å². The molecule has 2 N–H and O–H groups in total. The summed E-state index contributed by atoms with van der Waals surface area (Å²) in [6, 6.07) is 1.02. The van der Waals surface area contributed by atoms with E-state index in [0.717, 1.165) is 31.6 Å². The van der Waals surface area contributed by atoms with Crippen molar-refractivity contribution in [2.75, 3.05) is 18.4 Å². The topological polar surface area (TPSA) is 74.3 Å². The van der Waals surface area contributed by atoms with Gasteiger partial charge >= 0.3 is 0 Å². The number of fused-ring (bicyclic) bond motifs is 2. The number of halogens is 2. The highest BCUT2D eigenvalue weighted by Crippen LogP contribution is 2.23. The number of hydrogen-bond acceptors (Lipinski definition) is 5. The Labute approximate surface area is 171 Å². The molecule has 0 aliphatic carbocycles. The van der Waals surface area contributed by atoms with Crippen molar-refractivity contribution in [1.29, 1.82) is 0 Å². The molecular formula is C17H28Cl2N4O2S. The summed E-state index contributed by atoms with van der Waals surface area (Å²) in [5.74, 6) is 0.0627. The molecule has 3 rings (SSSR count). The first-order valence-corrected chi connectivity index (χ1v) is 9.49. The fourth-order valence-corrected chi connectivity index (χ4v) is 3.87. The van der Waals surface area contributed by atoms with E-state index in [4.69, 9.17) is 0 Å². The third kappa shape index (κ3) is 5.81. The summed E-state index contributed by atoms with van der Waals surface area (Å²) >= 11 is 1.37. The largest absolute Gasteiger partial charge is 0.341 e. The molecule has 2 bridgehead atoms. The molecule has 1 aromatic rings. The second kappa shape index (κ2) is 9.35. The molecule has 148 valence electrons. The van der Waals surface area contributed by atoms with Crippen LogP contribution in [-0.4, -0.2) is 46.9 Å². The van der Waals surface area contributed by atoms with Gasteiger partial charge in [0.2, 0.25) is 11.8 Å². The van der Waals surface area contributed by atoms with Gasteiger partial charge in [0.25, 0.3) is 0 Å². The van der Waals surface area contributed by atoms with Crippen LogP contribution in [0.2, 0.25) is 0 Å². The lowest BCUT2D eigenvalue weighted by molar-refractivity contribution is -0.130. The molecule has 2 amide bonds. The van der Waals surface area contributed by atoms with Crippen LogP contribution in [0, 0.1) is 5.41 Å². The predicted octanol–water partition coefficient (Wildman–Crippen LogP) is 2.87. The first kappa shape index (κ1) is 23.1. The van der Waals surface area contributed by atoms with Crippen molar-refractivity contribution in [3.05, 3.63) is 11.1 Å². The summed E-state index contributed by atoms with van der Waals surface area (Å²) < 4.78 is 0. The highest BCUT2D eigenvalue weighted by atomic mass is 35.5. The van der Waals surface area contributed by atoms with Crippen LogP contribution in [0.5, 0.6) is 0 Å². The average Bonchev–Trinajstić information content (AvgIpc) is 3.04.